The van der Waals surface area contributed by atoms with Crippen molar-refractivity contribution in [2.75, 3.05) is 19.8 Å². The third-order valence-corrected chi connectivity index (χ3v) is 7.20. The van der Waals surface area contributed by atoms with Crippen molar-refractivity contribution in [3.05, 3.63) is 52.1 Å². The maximum absolute atomic E-state index is 13.3. The Bertz CT molecular complexity index is 959. The summed E-state index contributed by atoms with van der Waals surface area (Å²) < 4.78 is 39.5. The molecule has 0 aliphatic carbocycles. The van der Waals surface area contributed by atoms with Crippen LogP contribution in [0.1, 0.15) is 27.8 Å². The number of nitrogens with zero attached hydrogens (tertiary/aromatic N) is 1. The van der Waals surface area contributed by atoms with Crippen molar-refractivity contribution < 1.29 is 17.9 Å². The van der Waals surface area contributed by atoms with Crippen LogP contribution in [0.15, 0.2) is 29.2 Å². The minimum absolute atomic E-state index is 0.362. The molecule has 0 saturated heterocycles. The maximum Gasteiger partial charge on any atom is 0.243 e. The van der Waals surface area contributed by atoms with Gasteiger partial charge < -0.3 is 9.47 Å². The molecule has 6 heteroatoms. The molecule has 2 aromatic rings. The van der Waals surface area contributed by atoms with Gasteiger partial charge in [-0.15, -0.1) is 0 Å². The number of hydrogen-bond acceptors (Lipinski definition) is 4. The maximum atomic E-state index is 13.3. The van der Waals surface area contributed by atoms with E-state index in [2.05, 4.69) is 0 Å². The van der Waals surface area contributed by atoms with E-state index in [9.17, 15) is 8.42 Å². The summed E-state index contributed by atoms with van der Waals surface area (Å²) in [7, 11) is -3.54. The Morgan fingerprint density at radius 1 is 0.885 bits per heavy atom. The first-order valence-electron chi connectivity index (χ1n) is 8.85. The van der Waals surface area contributed by atoms with E-state index in [0.717, 1.165) is 33.6 Å². The van der Waals surface area contributed by atoms with Gasteiger partial charge in [-0.2, -0.15) is 4.31 Å². The second-order valence-electron chi connectivity index (χ2n) is 7.08. The lowest BCUT2D eigenvalue weighted by atomic mass is 10.00. The number of aryl methyl sites for hydroxylation is 3. The summed E-state index contributed by atoms with van der Waals surface area (Å²) in [6.45, 7) is 7.63. The molecule has 0 aromatic heterocycles. The summed E-state index contributed by atoms with van der Waals surface area (Å²) in [4.78, 5) is 0.434. The van der Waals surface area contributed by atoms with Gasteiger partial charge in [0.05, 0.1) is 4.90 Å². The van der Waals surface area contributed by atoms with Crippen molar-refractivity contribution >= 4 is 10.0 Å². The van der Waals surface area contributed by atoms with Crippen molar-refractivity contribution in [3.63, 3.8) is 0 Å². The monoisotopic (exact) mass is 373 g/mol. The lowest BCUT2D eigenvalue weighted by Crippen LogP contribution is -2.36. The topological polar surface area (TPSA) is 55.8 Å². The number of sulfonamides is 1. The quantitative estimate of drug-likeness (QED) is 0.812. The molecule has 2 aliphatic heterocycles. The Morgan fingerprint density at radius 3 is 2.08 bits per heavy atom. The molecule has 0 saturated carbocycles. The van der Waals surface area contributed by atoms with Crippen LogP contribution >= 0.6 is 0 Å². The van der Waals surface area contributed by atoms with Gasteiger partial charge >= 0.3 is 0 Å². The van der Waals surface area contributed by atoms with Gasteiger partial charge in [-0.05, 0) is 61.6 Å². The van der Waals surface area contributed by atoms with Crippen molar-refractivity contribution in [1.82, 2.24) is 4.31 Å². The minimum atomic E-state index is -3.54. The largest absolute Gasteiger partial charge is 0.486 e. The summed E-state index contributed by atoms with van der Waals surface area (Å²) in [5.41, 5.74) is 4.81. The van der Waals surface area contributed by atoms with Crippen molar-refractivity contribution in [3.8, 4) is 11.5 Å². The van der Waals surface area contributed by atoms with Crippen molar-refractivity contribution in [2.45, 2.75) is 38.6 Å². The van der Waals surface area contributed by atoms with Gasteiger partial charge in [0.15, 0.2) is 11.5 Å². The summed E-state index contributed by atoms with van der Waals surface area (Å²) >= 11 is 0. The Labute approximate surface area is 154 Å². The molecule has 2 heterocycles. The summed E-state index contributed by atoms with van der Waals surface area (Å²) in [5.74, 6) is 1.47. The van der Waals surface area contributed by atoms with E-state index in [0.29, 0.717) is 43.4 Å². The van der Waals surface area contributed by atoms with Crippen LogP contribution in [0.4, 0.5) is 0 Å². The number of fused-ring (bicyclic) bond motifs is 2. The zero-order valence-corrected chi connectivity index (χ0v) is 16.1. The van der Waals surface area contributed by atoms with E-state index in [1.807, 2.05) is 45.0 Å². The number of ether oxygens (including phenoxy) is 2. The number of benzene rings is 2. The van der Waals surface area contributed by atoms with Crippen LogP contribution < -0.4 is 9.47 Å². The Balaban J connectivity index is 1.70. The highest BCUT2D eigenvalue weighted by molar-refractivity contribution is 7.89. The van der Waals surface area contributed by atoms with Crippen LogP contribution in [0, 0.1) is 20.8 Å². The predicted octanol–water partition coefficient (Wildman–Crippen LogP) is 3.13. The highest BCUT2D eigenvalue weighted by atomic mass is 32.2. The lowest BCUT2D eigenvalue weighted by molar-refractivity contribution is 0.171. The highest BCUT2D eigenvalue weighted by Crippen LogP contribution is 2.37. The molecule has 138 valence electrons. The summed E-state index contributed by atoms with van der Waals surface area (Å²) in [6, 6.07) is 7.79. The molecular formula is C20H23NO4S. The molecule has 5 nitrogen and oxygen atoms in total. The summed E-state index contributed by atoms with van der Waals surface area (Å²) in [6.07, 6.45) is 0.676. The second kappa shape index (κ2) is 6.28. The normalized spacial score (nSPS) is 17.0. The van der Waals surface area contributed by atoms with Crippen LogP contribution in [-0.4, -0.2) is 32.5 Å². The third-order valence-electron chi connectivity index (χ3n) is 5.04. The number of rotatable bonds is 2. The van der Waals surface area contributed by atoms with E-state index in [-0.39, 0.29) is 0 Å². The molecule has 2 aromatic carbocycles. The molecule has 0 bridgehead atoms. The first-order valence-corrected chi connectivity index (χ1v) is 10.3. The first-order chi connectivity index (χ1) is 12.4. The average Bonchev–Trinajstić information content (AvgIpc) is 2.58. The zero-order valence-electron chi connectivity index (χ0n) is 15.3. The van der Waals surface area contributed by atoms with Crippen LogP contribution in [0.3, 0.4) is 0 Å². The Morgan fingerprint density at radius 2 is 1.46 bits per heavy atom. The fourth-order valence-corrected chi connectivity index (χ4v) is 5.81. The molecule has 4 rings (SSSR count). The van der Waals surface area contributed by atoms with Crippen molar-refractivity contribution in [1.29, 1.82) is 0 Å². The fraction of sp³-hybridized carbons (Fsp3) is 0.400. The Kier molecular flexibility index (Phi) is 4.20. The van der Waals surface area contributed by atoms with E-state index >= 15 is 0 Å². The smallest absolute Gasteiger partial charge is 0.243 e. The second-order valence-corrected chi connectivity index (χ2v) is 8.96. The molecule has 0 amide bonds. The minimum Gasteiger partial charge on any atom is -0.486 e. The van der Waals surface area contributed by atoms with Gasteiger partial charge in [0.2, 0.25) is 10.0 Å². The highest BCUT2D eigenvalue weighted by Gasteiger charge is 2.31. The van der Waals surface area contributed by atoms with Crippen LogP contribution in [0.2, 0.25) is 0 Å². The van der Waals surface area contributed by atoms with E-state index in [1.165, 1.54) is 0 Å². The van der Waals surface area contributed by atoms with E-state index in [4.69, 9.17) is 9.47 Å². The van der Waals surface area contributed by atoms with Crippen LogP contribution in [0.5, 0.6) is 11.5 Å². The van der Waals surface area contributed by atoms with Crippen LogP contribution in [-0.2, 0) is 23.0 Å². The van der Waals surface area contributed by atoms with Gasteiger partial charge in [-0.25, -0.2) is 8.42 Å². The van der Waals surface area contributed by atoms with Crippen LogP contribution in [0.25, 0.3) is 0 Å². The predicted molar refractivity (Wildman–Crippen MR) is 99.4 cm³/mol. The molecule has 0 N–H and O–H groups in total. The molecule has 2 aliphatic rings. The van der Waals surface area contributed by atoms with Crippen molar-refractivity contribution in [2.24, 2.45) is 0 Å². The molecule has 0 fully saturated rings. The van der Waals surface area contributed by atoms with E-state index < -0.39 is 10.0 Å². The Hall–Kier alpha value is -2.05. The fourth-order valence-electron chi connectivity index (χ4n) is 3.98. The lowest BCUT2D eigenvalue weighted by Gasteiger charge is -2.30. The van der Waals surface area contributed by atoms with Gasteiger partial charge in [0, 0.05) is 13.1 Å². The standard InChI is InChI=1S/C20H23NO4S/c1-13-8-14(2)20(15(3)9-13)26(22,23)21-5-4-16-10-18-19(11-17(16)12-21)25-7-6-24-18/h8-11H,4-7,12H2,1-3H3. The van der Waals surface area contributed by atoms with Gasteiger partial charge in [-0.3, -0.25) is 0 Å². The zero-order chi connectivity index (χ0) is 18.5. The summed E-state index contributed by atoms with van der Waals surface area (Å²) in [5, 5.41) is 0. The van der Waals surface area contributed by atoms with Gasteiger partial charge in [0.25, 0.3) is 0 Å². The molecule has 26 heavy (non-hydrogen) atoms. The molecule has 0 unspecified atom stereocenters. The molecule has 0 atom stereocenters. The molecule has 0 spiro atoms. The SMILES string of the molecule is Cc1cc(C)c(S(=O)(=O)N2CCc3cc4c(cc3C2)OCCO4)c(C)c1. The average molecular weight is 373 g/mol. The van der Waals surface area contributed by atoms with Gasteiger partial charge in [-0.1, -0.05) is 17.7 Å². The first kappa shape index (κ1) is 17.4. The molecular weight excluding hydrogens is 350 g/mol. The molecule has 0 radical (unpaired) electrons. The number of hydrogen-bond donors (Lipinski definition) is 0. The van der Waals surface area contributed by atoms with E-state index in [1.54, 1.807) is 4.31 Å². The third kappa shape index (κ3) is 2.87. The van der Waals surface area contributed by atoms with Gasteiger partial charge in [0.1, 0.15) is 13.2 Å².